The van der Waals surface area contributed by atoms with Gasteiger partial charge < -0.3 is 14.6 Å². The number of rotatable bonds is 7. The van der Waals surface area contributed by atoms with E-state index < -0.39 is 12.0 Å². The lowest BCUT2D eigenvalue weighted by molar-refractivity contribution is -0.142. The Labute approximate surface area is 158 Å². The molecular formula is C20H25NO4S. The van der Waals surface area contributed by atoms with E-state index >= 15 is 0 Å². The van der Waals surface area contributed by atoms with Crippen LogP contribution in [0.15, 0.2) is 30.3 Å². The summed E-state index contributed by atoms with van der Waals surface area (Å²) in [5.74, 6) is 0.726. The van der Waals surface area contributed by atoms with Crippen LogP contribution in [0.4, 0.5) is 0 Å². The van der Waals surface area contributed by atoms with Crippen molar-refractivity contribution in [1.29, 1.82) is 0 Å². The van der Waals surface area contributed by atoms with Gasteiger partial charge in [-0.2, -0.15) is 0 Å². The molecule has 1 aliphatic rings. The van der Waals surface area contributed by atoms with E-state index in [0.717, 1.165) is 41.3 Å². The lowest BCUT2D eigenvalue weighted by atomic mass is 10.0. The topological polar surface area (TPSA) is 59.0 Å². The van der Waals surface area contributed by atoms with Crippen LogP contribution in [-0.4, -0.2) is 42.8 Å². The van der Waals surface area contributed by atoms with Gasteiger partial charge in [0, 0.05) is 21.9 Å². The zero-order valence-corrected chi connectivity index (χ0v) is 16.2. The Morgan fingerprint density at radius 1 is 1.31 bits per heavy atom. The van der Waals surface area contributed by atoms with Crippen LogP contribution in [0.5, 0.6) is 11.5 Å². The molecule has 3 rings (SSSR count). The molecule has 2 atom stereocenters. The first-order chi connectivity index (χ1) is 12.6. The Bertz CT molecular complexity index is 773. The molecule has 1 saturated heterocycles. The summed E-state index contributed by atoms with van der Waals surface area (Å²) in [4.78, 5) is 16.3. The number of thiophene rings is 1. The maximum absolute atomic E-state index is 11.8. The fourth-order valence-corrected chi connectivity index (χ4v) is 4.74. The fourth-order valence-electron chi connectivity index (χ4n) is 3.64. The van der Waals surface area contributed by atoms with Gasteiger partial charge in [0.1, 0.15) is 17.5 Å². The molecule has 2 unspecified atom stereocenters. The Morgan fingerprint density at radius 2 is 2.12 bits per heavy atom. The maximum Gasteiger partial charge on any atom is 0.320 e. The molecule has 6 heteroatoms. The second kappa shape index (κ2) is 8.10. The van der Waals surface area contributed by atoms with Gasteiger partial charge in [-0.3, -0.25) is 9.69 Å². The van der Waals surface area contributed by atoms with Crippen LogP contribution in [0.2, 0.25) is 0 Å². The molecule has 1 N–H and O–H groups in total. The first kappa shape index (κ1) is 18.7. The van der Waals surface area contributed by atoms with E-state index in [4.69, 9.17) is 9.47 Å². The molecule has 2 heterocycles. The smallest absolute Gasteiger partial charge is 0.320 e. The average Bonchev–Trinajstić information content (AvgIpc) is 3.32. The molecule has 1 aliphatic heterocycles. The van der Waals surface area contributed by atoms with Crippen molar-refractivity contribution in [2.24, 2.45) is 0 Å². The van der Waals surface area contributed by atoms with Crippen molar-refractivity contribution >= 4 is 17.3 Å². The van der Waals surface area contributed by atoms with Gasteiger partial charge in [0.15, 0.2) is 0 Å². The number of carboxylic acids is 1. The van der Waals surface area contributed by atoms with Gasteiger partial charge in [0.2, 0.25) is 0 Å². The summed E-state index contributed by atoms with van der Waals surface area (Å²) in [5.41, 5.74) is 0.949. The van der Waals surface area contributed by atoms with E-state index in [0.29, 0.717) is 6.42 Å². The summed E-state index contributed by atoms with van der Waals surface area (Å²) in [6, 6.07) is 9.32. The van der Waals surface area contributed by atoms with E-state index in [9.17, 15) is 9.90 Å². The number of methoxy groups -OCH3 is 2. The minimum Gasteiger partial charge on any atom is -0.497 e. The molecule has 140 valence electrons. The second-order valence-corrected chi connectivity index (χ2v) is 7.60. The van der Waals surface area contributed by atoms with E-state index in [2.05, 4.69) is 24.0 Å². The van der Waals surface area contributed by atoms with Crippen LogP contribution in [0.25, 0.3) is 0 Å². The molecule has 0 bridgehead atoms. The molecule has 1 aromatic carbocycles. The summed E-state index contributed by atoms with van der Waals surface area (Å²) in [7, 11) is 3.28. The number of carbonyl (C=O) groups is 1. The number of carboxylic acid groups (broad SMARTS) is 1. The van der Waals surface area contributed by atoms with Crippen LogP contribution >= 0.6 is 11.3 Å². The van der Waals surface area contributed by atoms with Gasteiger partial charge in [-0.15, -0.1) is 11.3 Å². The van der Waals surface area contributed by atoms with E-state index in [1.807, 2.05) is 18.2 Å². The van der Waals surface area contributed by atoms with Gasteiger partial charge in [0.05, 0.1) is 20.3 Å². The molecule has 0 aliphatic carbocycles. The maximum atomic E-state index is 11.8. The van der Waals surface area contributed by atoms with Gasteiger partial charge in [0.25, 0.3) is 0 Å². The van der Waals surface area contributed by atoms with Gasteiger partial charge in [-0.1, -0.05) is 6.92 Å². The summed E-state index contributed by atoms with van der Waals surface area (Å²) < 4.78 is 11.0. The zero-order chi connectivity index (χ0) is 18.7. The van der Waals surface area contributed by atoms with Crippen molar-refractivity contribution in [2.45, 2.75) is 38.3 Å². The highest BCUT2D eigenvalue weighted by atomic mass is 32.1. The number of aliphatic carboxylic acids is 1. The molecule has 1 aromatic heterocycles. The van der Waals surface area contributed by atoms with Crippen molar-refractivity contribution < 1.29 is 19.4 Å². The van der Waals surface area contributed by atoms with Crippen LogP contribution in [-0.2, 0) is 11.2 Å². The number of hydrogen-bond acceptors (Lipinski definition) is 5. The number of aryl methyl sites for hydroxylation is 1. The third-order valence-corrected chi connectivity index (χ3v) is 6.22. The van der Waals surface area contributed by atoms with Crippen molar-refractivity contribution in [3.63, 3.8) is 0 Å². The molecule has 0 radical (unpaired) electrons. The quantitative estimate of drug-likeness (QED) is 0.794. The number of nitrogens with zero attached hydrogens (tertiary/aromatic N) is 1. The average molecular weight is 375 g/mol. The second-order valence-electron chi connectivity index (χ2n) is 6.40. The zero-order valence-electron chi connectivity index (χ0n) is 15.4. The molecule has 0 spiro atoms. The van der Waals surface area contributed by atoms with Crippen molar-refractivity contribution in [2.75, 3.05) is 20.8 Å². The lowest BCUT2D eigenvalue weighted by Gasteiger charge is -2.32. The van der Waals surface area contributed by atoms with Crippen molar-refractivity contribution in [1.82, 2.24) is 4.90 Å². The highest BCUT2D eigenvalue weighted by molar-refractivity contribution is 7.12. The number of benzene rings is 1. The minimum absolute atomic E-state index is 0.158. The van der Waals surface area contributed by atoms with Gasteiger partial charge in [-0.25, -0.2) is 0 Å². The Morgan fingerprint density at radius 3 is 2.73 bits per heavy atom. The van der Waals surface area contributed by atoms with E-state index in [-0.39, 0.29) is 6.04 Å². The molecule has 26 heavy (non-hydrogen) atoms. The SMILES string of the molecule is CCc1ccc(C(c2cc(OC)ccc2OC)N2CCCC2C(=O)O)s1. The monoisotopic (exact) mass is 375 g/mol. The Balaban J connectivity index is 2.13. The summed E-state index contributed by atoms with van der Waals surface area (Å²) in [6.45, 7) is 2.88. The van der Waals surface area contributed by atoms with E-state index in [1.54, 1.807) is 25.6 Å². The molecular weight excluding hydrogens is 350 g/mol. The summed E-state index contributed by atoms with van der Waals surface area (Å²) in [5, 5.41) is 9.71. The molecule has 5 nitrogen and oxygen atoms in total. The van der Waals surface area contributed by atoms with Crippen LogP contribution in [0, 0.1) is 0 Å². The first-order valence-electron chi connectivity index (χ1n) is 8.88. The lowest BCUT2D eigenvalue weighted by Crippen LogP contribution is -2.39. The van der Waals surface area contributed by atoms with E-state index in [1.165, 1.54) is 4.88 Å². The molecule has 1 fully saturated rings. The minimum atomic E-state index is -0.762. The third-order valence-electron chi connectivity index (χ3n) is 4.94. The van der Waals surface area contributed by atoms with Crippen molar-refractivity contribution in [3.8, 4) is 11.5 Å². The summed E-state index contributed by atoms with van der Waals surface area (Å²) >= 11 is 1.74. The van der Waals surface area contributed by atoms with Crippen LogP contribution in [0.1, 0.15) is 41.1 Å². The third kappa shape index (κ3) is 3.57. The molecule has 2 aromatic rings. The van der Waals surface area contributed by atoms with Gasteiger partial charge >= 0.3 is 5.97 Å². The summed E-state index contributed by atoms with van der Waals surface area (Å²) in [6.07, 6.45) is 2.52. The van der Waals surface area contributed by atoms with Crippen LogP contribution in [0.3, 0.4) is 0 Å². The standard InChI is InChI=1S/C20H25NO4S/c1-4-14-8-10-18(26-14)19(21-11-5-6-16(21)20(22)23)15-12-13(24-2)7-9-17(15)25-3/h7-10,12,16,19H,4-6,11H2,1-3H3,(H,22,23). The largest absolute Gasteiger partial charge is 0.497 e. The van der Waals surface area contributed by atoms with Crippen molar-refractivity contribution in [3.05, 3.63) is 45.6 Å². The van der Waals surface area contributed by atoms with Gasteiger partial charge in [-0.05, 0) is 49.6 Å². The first-order valence-corrected chi connectivity index (χ1v) is 9.69. The fraction of sp³-hybridized carbons (Fsp3) is 0.450. The molecule has 0 saturated carbocycles. The number of ether oxygens (including phenoxy) is 2. The predicted molar refractivity (Wildman–Crippen MR) is 102 cm³/mol. The normalized spacial score (nSPS) is 18.7. The highest BCUT2D eigenvalue weighted by Gasteiger charge is 2.38. The Kier molecular flexibility index (Phi) is 5.84. The molecule has 0 amide bonds. The van der Waals surface area contributed by atoms with Crippen LogP contribution < -0.4 is 9.47 Å². The Hall–Kier alpha value is -2.05. The predicted octanol–water partition coefficient (Wildman–Crippen LogP) is 3.97. The number of hydrogen-bond donors (Lipinski definition) is 1. The number of likely N-dealkylation sites (tertiary alicyclic amines) is 1. The highest BCUT2D eigenvalue weighted by Crippen LogP contribution is 2.42.